The van der Waals surface area contributed by atoms with Crippen LogP contribution in [0.3, 0.4) is 0 Å². The fourth-order valence-electron chi connectivity index (χ4n) is 3.22. The smallest absolute Gasteiger partial charge is 0.202 e. The third kappa shape index (κ3) is 2.18. The van der Waals surface area contributed by atoms with Crippen molar-refractivity contribution in [1.29, 1.82) is 0 Å². The van der Waals surface area contributed by atoms with Crippen LogP contribution in [0.15, 0.2) is 47.4 Å². The Balaban J connectivity index is 2.20. The lowest BCUT2D eigenvalue weighted by Gasteiger charge is -2.22. The maximum Gasteiger partial charge on any atom is 0.202 e. The number of hydrogen-bond acceptors (Lipinski definition) is 3. The van der Waals surface area contributed by atoms with E-state index >= 15 is 0 Å². The van der Waals surface area contributed by atoms with Crippen LogP contribution >= 0.6 is 11.6 Å². The van der Waals surface area contributed by atoms with E-state index < -0.39 is 0 Å². The summed E-state index contributed by atoms with van der Waals surface area (Å²) in [6.07, 6.45) is 3.49. The first-order valence-corrected chi connectivity index (χ1v) is 7.86. The molecule has 5 heteroatoms. The van der Waals surface area contributed by atoms with Gasteiger partial charge in [-0.05, 0) is 43.2 Å². The Morgan fingerprint density at radius 3 is 2.78 bits per heavy atom. The molecule has 1 aliphatic rings. The van der Waals surface area contributed by atoms with Gasteiger partial charge in [-0.3, -0.25) is 14.2 Å². The van der Waals surface area contributed by atoms with Gasteiger partial charge in [-0.1, -0.05) is 17.7 Å². The normalized spacial score (nSPS) is 14.0. The highest BCUT2D eigenvalue weighted by molar-refractivity contribution is 6.30. The number of aromatic nitrogens is 2. The van der Waals surface area contributed by atoms with Crippen molar-refractivity contribution in [2.75, 3.05) is 0 Å². The van der Waals surface area contributed by atoms with Crippen LogP contribution in [0.4, 0.5) is 0 Å². The molecule has 0 spiro atoms. The second-order valence-corrected chi connectivity index (χ2v) is 6.05. The number of pyridine rings is 2. The van der Waals surface area contributed by atoms with E-state index in [2.05, 4.69) is 4.98 Å². The van der Waals surface area contributed by atoms with E-state index in [9.17, 15) is 9.59 Å². The molecule has 2 heterocycles. The SMILES string of the molecule is O=C1CCCc2c1c(=O)c1cccnc1n2-c1cccc(Cl)c1. The van der Waals surface area contributed by atoms with Crippen molar-refractivity contribution in [3.8, 4) is 5.69 Å². The van der Waals surface area contributed by atoms with Crippen LogP contribution in [0.2, 0.25) is 5.02 Å². The summed E-state index contributed by atoms with van der Waals surface area (Å²) in [6, 6.07) is 10.8. The molecule has 23 heavy (non-hydrogen) atoms. The molecule has 0 atom stereocenters. The molecule has 0 radical (unpaired) electrons. The van der Waals surface area contributed by atoms with Crippen LogP contribution in [0.5, 0.6) is 0 Å². The van der Waals surface area contributed by atoms with Crippen molar-refractivity contribution >= 4 is 28.4 Å². The quantitative estimate of drug-likeness (QED) is 0.687. The van der Waals surface area contributed by atoms with Crippen LogP contribution in [0.25, 0.3) is 16.7 Å². The molecule has 2 aromatic heterocycles. The third-order valence-electron chi connectivity index (χ3n) is 4.19. The molecular formula is C18H13ClN2O2. The number of fused-ring (bicyclic) bond motifs is 2. The van der Waals surface area contributed by atoms with Gasteiger partial charge in [-0.15, -0.1) is 0 Å². The molecule has 0 aliphatic heterocycles. The van der Waals surface area contributed by atoms with Gasteiger partial charge in [0.05, 0.1) is 10.9 Å². The molecule has 0 bridgehead atoms. The molecule has 1 aromatic carbocycles. The standard InChI is InChI=1S/C18H13ClN2O2/c19-11-4-1-5-12(10-11)21-14-7-2-8-15(22)16(14)17(23)13-6-3-9-20-18(13)21/h1,3-6,9-10H,2,7-8H2. The molecule has 0 amide bonds. The predicted molar refractivity (Wildman–Crippen MR) is 89.6 cm³/mol. The molecule has 1 aliphatic carbocycles. The maximum absolute atomic E-state index is 12.7. The van der Waals surface area contributed by atoms with Gasteiger partial charge in [0, 0.05) is 29.0 Å². The molecule has 114 valence electrons. The minimum Gasteiger partial charge on any atom is -0.297 e. The summed E-state index contributed by atoms with van der Waals surface area (Å²) in [4.78, 5) is 29.5. The van der Waals surface area contributed by atoms with Crippen LogP contribution in [-0.2, 0) is 6.42 Å². The zero-order valence-corrected chi connectivity index (χ0v) is 13.0. The Morgan fingerprint density at radius 1 is 1.09 bits per heavy atom. The van der Waals surface area contributed by atoms with Gasteiger partial charge >= 0.3 is 0 Å². The first kappa shape index (κ1) is 14.2. The lowest BCUT2D eigenvalue weighted by atomic mass is 9.92. The number of hydrogen-bond donors (Lipinski definition) is 0. The molecule has 0 fully saturated rings. The van der Waals surface area contributed by atoms with Gasteiger partial charge in [0.15, 0.2) is 5.78 Å². The Morgan fingerprint density at radius 2 is 1.96 bits per heavy atom. The van der Waals surface area contributed by atoms with E-state index in [1.54, 1.807) is 24.4 Å². The van der Waals surface area contributed by atoms with E-state index in [1.165, 1.54) is 0 Å². The van der Waals surface area contributed by atoms with Crippen LogP contribution in [0, 0.1) is 0 Å². The minimum atomic E-state index is -0.217. The summed E-state index contributed by atoms with van der Waals surface area (Å²) in [6.45, 7) is 0. The highest BCUT2D eigenvalue weighted by Gasteiger charge is 2.26. The van der Waals surface area contributed by atoms with Crippen molar-refractivity contribution < 1.29 is 4.79 Å². The Labute approximate surface area is 137 Å². The first-order chi connectivity index (χ1) is 11.2. The van der Waals surface area contributed by atoms with Gasteiger partial charge in [-0.2, -0.15) is 0 Å². The molecule has 0 saturated heterocycles. The fraction of sp³-hybridized carbons (Fsp3) is 0.167. The summed E-state index contributed by atoms with van der Waals surface area (Å²) in [5, 5.41) is 1.06. The number of rotatable bonds is 1. The van der Waals surface area contributed by atoms with Crippen molar-refractivity contribution in [3.05, 3.63) is 69.1 Å². The molecule has 0 N–H and O–H groups in total. The van der Waals surface area contributed by atoms with Crippen LogP contribution in [0.1, 0.15) is 28.9 Å². The number of carbonyl (C=O) groups is 1. The Bertz CT molecular complexity index is 1010. The average molecular weight is 325 g/mol. The van der Waals surface area contributed by atoms with Crippen molar-refractivity contribution in [3.63, 3.8) is 0 Å². The van der Waals surface area contributed by atoms with E-state index in [4.69, 9.17) is 11.6 Å². The van der Waals surface area contributed by atoms with Gasteiger partial charge < -0.3 is 0 Å². The molecule has 4 nitrogen and oxygen atoms in total. The fourth-order valence-corrected chi connectivity index (χ4v) is 3.40. The van der Waals surface area contributed by atoms with E-state index in [0.29, 0.717) is 34.5 Å². The Kier molecular flexibility index (Phi) is 3.27. The average Bonchev–Trinajstić information content (AvgIpc) is 2.55. The number of halogens is 1. The van der Waals surface area contributed by atoms with E-state index in [1.807, 2.05) is 22.8 Å². The van der Waals surface area contributed by atoms with Crippen molar-refractivity contribution in [2.45, 2.75) is 19.3 Å². The largest absolute Gasteiger partial charge is 0.297 e. The monoisotopic (exact) mass is 324 g/mol. The van der Waals surface area contributed by atoms with E-state index in [0.717, 1.165) is 17.8 Å². The molecule has 0 saturated carbocycles. The maximum atomic E-state index is 12.7. The van der Waals surface area contributed by atoms with Crippen molar-refractivity contribution in [2.24, 2.45) is 0 Å². The lowest BCUT2D eigenvalue weighted by molar-refractivity contribution is 0.0970. The van der Waals surface area contributed by atoms with Gasteiger partial charge in [0.1, 0.15) is 5.65 Å². The highest BCUT2D eigenvalue weighted by Crippen LogP contribution is 2.27. The summed E-state index contributed by atoms with van der Waals surface area (Å²) in [7, 11) is 0. The number of ketones is 1. The van der Waals surface area contributed by atoms with Crippen molar-refractivity contribution in [1.82, 2.24) is 9.55 Å². The van der Waals surface area contributed by atoms with E-state index in [-0.39, 0.29) is 11.2 Å². The zero-order valence-electron chi connectivity index (χ0n) is 12.3. The highest BCUT2D eigenvalue weighted by atomic mass is 35.5. The molecule has 0 unspecified atom stereocenters. The van der Waals surface area contributed by atoms with Gasteiger partial charge in [0.25, 0.3) is 0 Å². The second-order valence-electron chi connectivity index (χ2n) is 5.62. The number of benzene rings is 1. The summed E-state index contributed by atoms with van der Waals surface area (Å²) >= 11 is 6.13. The summed E-state index contributed by atoms with van der Waals surface area (Å²) in [5.41, 5.74) is 2.20. The number of Topliss-reactive ketones (excluding diaryl/α,β-unsaturated/α-hetero) is 1. The summed E-state index contributed by atoms with van der Waals surface area (Å²) < 4.78 is 1.90. The second kappa shape index (κ2) is 5.32. The summed E-state index contributed by atoms with van der Waals surface area (Å²) in [5.74, 6) is -0.0854. The zero-order chi connectivity index (χ0) is 16.0. The third-order valence-corrected chi connectivity index (χ3v) is 4.43. The van der Waals surface area contributed by atoms with Crippen LogP contribution in [-0.4, -0.2) is 15.3 Å². The lowest BCUT2D eigenvalue weighted by Crippen LogP contribution is -2.27. The van der Waals surface area contributed by atoms with Crippen LogP contribution < -0.4 is 5.43 Å². The predicted octanol–water partition coefficient (Wildman–Crippen LogP) is 3.56. The number of nitrogens with zero attached hydrogens (tertiary/aromatic N) is 2. The molecule has 3 aromatic rings. The minimum absolute atomic E-state index is 0.0854. The van der Waals surface area contributed by atoms with Gasteiger partial charge in [0.2, 0.25) is 5.43 Å². The molecular weight excluding hydrogens is 312 g/mol. The topological polar surface area (TPSA) is 52.0 Å². The first-order valence-electron chi connectivity index (χ1n) is 7.48. The molecule has 4 rings (SSSR count). The number of carbonyl (C=O) groups excluding carboxylic acids is 1. The van der Waals surface area contributed by atoms with Gasteiger partial charge in [-0.25, -0.2) is 4.98 Å². The Hall–Kier alpha value is -2.46.